The van der Waals surface area contributed by atoms with Gasteiger partial charge in [0, 0.05) is 12.6 Å². The summed E-state index contributed by atoms with van der Waals surface area (Å²) in [4.78, 5) is 27.6. The van der Waals surface area contributed by atoms with Crippen molar-refractivity contribution in [2.24, 2.45) is 0 Å². The molecule has 0 unspecified atom stereocenters. The number of rotatable bonds is 6. The number of nitrogens with two attached hydrogens (primary N) is 1. The monoisotopic (exact) mass is 463 g/mol. The molecule has 1 aliphatic heterocycles. The lowest BCUT2D eigenvalue weighted by atomic mass is 10.2. The third kappa shape index (κ3) is 5.21. The Bertz CT molecular complexity index is 1110. The molecule has 1 aliphatic rings. The Labute approximate surface area is 173 Å². The molecule has 1 aromatic heterocycles. The van der Waals surface area contributed by atoms with Crippen molar-refractivity contribution < 1.29 is 40.0 Å². The average Bonchev–Trinajstić information content (AvgIpc) is 3.07. The molecule has 1 fully saturated rings. The average molecular weight is 463 g/mol. The predicted octanol–water partition coefficient (Wildman–Crippen LogP) is 1.20. The molecule has 0 aliphatic carbocycles. The predicted molar refractivity (Wildman–Crippen MR) is 98.0 cm³/mol. The maximum Gasteiger partial charge on any atom is 0.523 e. The molecule has 31 heavy (non-hydrogen) atoms. The van der Waals surface area contributed by atoms with Crippen molar-refractivity contribution in [1.82, 2.24) is 9.55 Å². The molecule has 1 saturated heterocycles. The van der Waals surface area contributed by atoms with Gasteiger partial charge in [-0.1, -0.05) is 18.2 Å². The highest BCUT2D eigenvalue weighted by Gasteiger charge is 2.51. The van der Waals surface area contributed by atoms with Crippen LogP contribution in [-0.4, -0.2) is 48.3 Å². The van der Waals surface area contributed by atoms with Crippen LogP contribution in [0.1, 0.15) is 23.0 Å². The molecule has 14 heteroatoms. The number of carbonyl (C=O) groups excluding carboxylic acids is 1. The SMILES string of the molecule is Nc1ccn([C@H]2C[C@H](OS(=O)(=O)C(F)(F)F)[C@@H](COC(=O)c3ccccc3)O2)c(=O)n1. The van der Waals surface area contributed by atoms with Gasteiger partial charge < -0.3 is 15.2 Å². The summed E-state index contributed by atoms with van der Waals surface area (Å²) in [5, 5.41) is 0. The highest BCUT2D eigenvalue weighted by Crippen LogP contribution is 2.34. The summed E-state index contributed by atoms with van der Waals surface area (Å²) in [6, 6.07) is 8.94. The number of alkyl halides is 3. The van der Waals surface area contributed by atoms with Gasteiger partial charge in [0.2, 0.25) is 0 Å². The third-order valence-electron chi connectivity index (χ3n) is 4.26. The highest BCUT2D eigenvalue weighted by molar-refractivity contribution is 7.87. The Hall–Kier alpha value is -2.97. The Morgan fingerprint density at radius 2 is 1.94 bits per heavy atom. The number of benzene rings is 1. The summed E-state index contributed by atoms with van der Waals surface area (Å²) >= 11 is 0. The number of aromatic nitrogens is 2. The highest BCUT2D eigenvalue weighted by atomic mass is 32.2. The fraction of sp³-hybridized carbons (Fsp3) is 0.353. The van der Waals surface area contributed by atoms with Gasteiger partial charge in [0.25, 0.3) is 0 Å². The molecular weight excluding hydrogens is 447 g/mol. The zero-order valence-corrected chi connectivity index (χ0v) is 16.4. The maximum atomic E-state index is 12.8. The van der Waals surface area contributed by atoms with E-state index < -0.39 is 58.7 Å². The van der Waals surface area contributed by atoms with Crippen LogP contribution in [0.3, 0.4) is 0 Å². The van der Waals surface area contributed by atoms with Crippen LogP contribution >= 0.6 is 0 Å². The van der Waals surface area contributed by atoms with Crippen molar-refractivity contribution >= 4 is 21.9 Å². The van der Waals surface area contributed by atoms with Gasteiger partial charge in [-0.15, -0.1) is 0 Å². The molecule has 0 radical (unpaired) electrons. The molecular formula is C17H16F3N3O7S. The summed E-state index contributed by atoms with van der Waals surface area (Å²) in [7, 11) is -5.97. The van der Waals surface area contributed by atoms with Crippen molar-refractivity contribution in [3.05, 3.63) is 58.6 Å². The van der Waals surface area contributed by atoms with E-state index in [1.54, 1.807) is 18.2 Å². The maximum absolute atomic E-state index is 12.8. The van der Waals surface area contributed by atoms with Crippen LogP contribution in [0.25, 0.3) is 0 Å². The van der Waals surface area contributed by atoms with E-state index >= 15 is 0 Å². The first-order valence-corrected chi connectivity index (χ1v) is 10.1. The first-order chi connectivity index (χ1) is 14.5. The van der Waals surface area contributed by atoms with Crippen molar-refractivity contribution in [1.29, 1.82) is 0 Å². The normalized spacial score (nSPS) is 21.7. The van der Waals surface area contributed by atoms with Crippen LogP contribution < -0.4 is 11.4 Å². The van der Waals surface area contributed by atoms with E-state index in [0.717, 1.165) is 4.57 Å². The molecule has 2 aromatic rings. The Morgan fingerprint density at radius 3 is 2.55 bits per heavy atom. The van der Waals surface area contributed by atoms with E-state index in [9.17, 15) is 31.2 Å². The van der Waals surface area contributed by atoms with E-state index in [1.807, 2.05) is 0 Å². The summed E-state index contributed by atoms with van der Waals surface area (Å²) < 4.78 is 76.9. The molecule has 168 valence electrons. The standard InChI is InChI=1S/C17H16F3N3O7S/c18-17(19,20)31(26,27)30-11-8-14(23-7-6-13(21)22-16(23)25)29-12(11)9-28-15(24)10-4-2-1-3-5-10/h1-7,11-12,14H,8-9H2,(H2,21,22,25)/t11-,12+,14+/m0/s1. The molecule has 2 heterocycles. The fourth-order valence-electron chi connectivity index (χ4n) is 2.80. The van der Waals surface area contributed by atoms with Crippen molar-refractivity contribution in [3.63, 3.8) is 0 Å². The molecule has 10 nitrogen and oxygen atoms in total. The number of nitrogens with zero attached hydrogens (tertiary/aromatic N) is 2. The lowest BCUT2D eigenvalue weighted by molar-refractivity contribution is -0.0688. The van der Waals surface area contributed by atoms with Crippen molar-refractivity contribution in [2.75, 3.05) is 12.3 Å². The first kappa shape index (κ1) is 22.7. The van der Waals surface area contributed by atoms with Gasteiger partial charge >= 0.3 is 27.3 Å². The lowest BCUT2D eigenvalue weighted by Gasteiger charge is -2.19. The van der Waals surface area contributed by atoms with Crippen LogP contribution in [0.15, 0.2) is 47.4 Å². The summed E-state index contributed by atoms with van der Waals surface area (Å²) in [6.07, 6.45) is -3.62. The van der Waals surface area contributed by atoms with Crippen LogP contribution in [-0.2, 0) is 23.8 Å². The molecule has 3 atom stereocenters. The minimum absolute atomic E-state index is 0.0972. The second-order valence-corrected chi connectivity index (χ2v) is 7.97. The van der Waals surface area contributed by atoms with Gasteiger partial charge in [0.1, 0.15) is 30.9 Å². The molecule has 0 amide bonds. The molecule has 2 N–H and O–H groups in total. The van der Waals surface area contributed by atoms with E-state index in [1.165, 1.54) is 24.4 Å². The quantitative estimate of drug-likeness (QED) is 0.380. The summed E-state index contributed by atoms with van der Waals surface area (Å²) in [6.45, 7) is -0.626. The van der Waals surface area contributed by atoms with Crippen LogP contribution in [0.5, 0.6) is 0 Å². The fourth-order valence-corrected chi connectivity index (χ4v) is 3.44. The molecule has 3 rings (SSSR count). The Kier molecular flexibility index (Phi) is 6.33. The third-order valence-corrected chi connectivity index (χ3v) is 5.33. The summed E-state index contributed by atoms with van der Waals surface area (Å²) in [5.41, 5.74) is -0.982. The van der Waals surface area contributed by atoms with Crippen LogP contribution in [0.2, 0.25) is 0 Å². The number of ether oxygens (including phenoxy) is 2. The number of hydrogen-bond acceptors (Lipinski definition) is 9. The second kappa shape index (κ2) is 8.64. The topological polar surface area (TPSA) is 140 Å². The largest absolute Gasteiger partial charge is 0.523 e. The van der Waals surface area contributed by atoms with Gasteiger partial charge in [-0.25, -0.2) is 9.59 Å². The van der Waals surface area contributed by atoms with Crippen molar-refractivity contribution in [2.45, 2.75) is 30.4 Å². The van der Waals surface area contributed by atoms with E-state index in [0.29, 0.717) is 0 Å². The van der Waals surface area contributed by atoms with Gasteiger partial charge in [-0.2, -0.15) is 26.6 Å². The smallest absolute Gasteiger partial charge is 0.459 e. The zero-order valence-electron chi connectivity index (χ0n) is 15.6. The van der Waals surface area contributed by atoms with Gasteiger partial charge in [0.05, 0.1) is 5.56 Å². The first-order valence-electron chi connectivity index (χ1n) is 8.70. The number of esters is 1. The van der Waals surface area contributed by atoms with Crippen LogP contribution in [0.4, 0.5) is 19.0 Å². The number of nitrogen functional groups attached to an aromatic ring is 1. The minimum atomic E-state index is -5.97. The number of carbonyl (C=O) groups is 1. The zero-order chi connectivity index (χ0) is 22.8. The minimum Gasteiger partial charge on any atom is -0.459 e. The Balaban J connectivity index is 1.80. The molecule has 0 spiro atoms. The summed E-state index contributed by atoms with van der Waals surface area (Å²) in [5.74, 6) is -0.906. The second-order valence-electron chi connectivity index (χ2n) is 6.41. The Morgan fingerprint density at radius 1 is 1.26 bits per heavy atom. The van der Waals surface area contributed by atoms with Crippen molar-refractivity contribution in [3.8, 4) is 0 Å². The number of halogens is 3. The molecule has 0 bridgehead atoms. The molecule has 1 aromatic carbocycles. The van der Waals surface area contributed by atoms with Gasteiger partial charge in [-0.05, 0) is 18.2 Å². The number of hydrogen-bond donors (Lipinski definition) is 1. The molecule has 0 saturated carbocycles. The van der Waals surface area contributed by atoms with Crippen LogP contribution in [0, 0.1) is 0 Å². The van der Waals surface area contributed by atoms with Gasteiger partial charge in [-0.3, -0.25) is 8.75 Å². The van der Waals surface area contributed by atoms with E-state index in [4.69, 9.17) is 15.2 Å². The lowest BCUT2D eigenvalue weighted by Crippen LogP contribution is -2.36. The van der Waals surface area contributed by atoms with Gasteiger partial charge in [0.15, 0.2) is 0 Å². The van der Waals surface area contributed by atoms with E-state index in [-0.39, 0.29) is 11.4 Å². The van der Waals surface area contributed by atoms with E-state index in [2.05, 4.69) is 9.17 Å². The number of anilines is 1.